The van der Waals surface area contributed by atoms with Crippen molar-refractivity contribution < 1.29 is 4.74 Å². The van der Waals surface area contributed by atoms with E-state index in [2.05, 4.69) is 30.7 Å². The van der Waals surface area contributed by atoms with Gasteiger partial charge in [-0.15, -0.1) is 0 Å². The van der Waals surface area contributed by atoms with Gasteiger partial charge in [0.2, 0.25) is 0 Å². The number of anilines is 1. The summed E-state index contributed by atoms with van der Waals surface area (Å²) in [7, 11) is 1.70. The van der Waals surface area contributed by atoms with Crippen molar-refractivity contribution in [3.63, 3.8) is 0 Å². The number of nitrogens with zero attached hydrogens (tertiary/aromatic N) is 2. The van der Waals surface area contributed by atoms with Crippen LogP contribution in [0.2, 0.25) is 0 Å². The zero-order valence-electron chi connectivity index (χ0n) is 11.1. The van der Waals surface area contributed by atoms with Gasteiger partial charge in [0, 0.05) is 18.4 Å². The van der Waals surface area contributed by atoms with E-state index < -0.39 is 0 Å². The van der Waals surface area contributed by atoms with Gasteiger partial charge in [0.15, 0.2) is 5.82 Å². The van der Waals surface area contributed by atoms with E-state index in [1.165, 1.54) is 0 Å². The van der Waals surface area contributed by atoms with Crippen LogP contribution in [0.3, 0.4) is 0 Å². The Morgan fingerprint density at radius 1 is 1.24 bits per heavy atom. The van der Waals surface area contributed by atoms with Crippen molar-refractivity contribution in [3.05, 3.63) is 17.1 Å². The van der Waals surface area contributed by atoms with Crippen molar-refractivity contribution in [2.75, 3.05) is 12.8 Å². The fourth-order valence-corrected chi connectivity index (χ4v) is 2.44. The van der Waals surface area contributed by atoms with E-state index in [4.69, 9.17) is 10.5 Å². The SMILES string of the molecule is COC(c1nc(N)c2c(n1)CCC2)C(C)(C)C. The van der Waals surface area contributed by atoms with Gasteiger partial charge < -0.3 is 10.5 Å². The van der Waals surface area contributed by atoms with Gasteiger partial charge in [0.25, 0.3) is 0 Å². The monoisotopic (exact) mass is 235 g/mol. The number of nitrogen functional groups attached to an aromatic ring is 1. The number of ether oxygens (including phenoxy) is 1. The van der Waals surface area contributed by atoms with Crippen LogP contribution in [-0.2, 0) is 17.6 Å². The Morgan fingerprint density at radius 3 is 2.53 bits per heavy atom. The summed E-state index contributed by atoms with van der Waals surface area (Å²) < 4.78 is 5.54. The average molecular weight is 235 g/mol. The minimum absolute atomic E-state index is 0.0337. The molecule has 17 heavy (non-hydrogen) atoms. The van der Waals surface area contributed by atoms with Gasteiger partial charge >= 0.3 is 0 Å². The first-order valence-corrected chi connectivity index (χ1v) is 6.11. The maximum Gasteiger partial charge on any atom is 0.160 e. The molecule has 1 atom stereocenters. The standard InChI is InChI=1S/C13H21N3O/c1-13(2,3)10(17-4)12-15-9-7-5-6-8(9)11(14)16-12/h10H,5-7H2,1-4H3,(H2,14,15,16). The highest BCUT2D eigenvalue weighted by molar-refractivity contribution is 5.45. The number of aryl methyl sites for hydroxylation is 1. The number of hydrogen-bond donors (Lipinski definition) is 1. The van der Waals surface area contributed by atoms with Crippen molar-refractivity contribution in [2.45, 2.75) is 46.1 Å². The Hall–Kier alpha value is -1.16. The molecule has 0 spiro atoms. The minimum atomic E-state index is -0.115. The zero-order valence-corrected chi connectivity index (χ0v) is 11.1. The average Bonchev–Trinajstić information content (AvgIpc) is 2.64. The molecule has 0 bridgehead atoms. The first kappa shape index (κ1) is 12.3. The van der Waals surface area contributed by atoms with Crippen LogP contribution in [0, 0.1) is 5.41 Å². The molecule has 1 aliphatic rings. The van der Waals surface area contributed by atoms with Crippen molar-refractivity contribution in [1.82, 2.24) is 9.97 Å². The van der Waals surface area contributed by atoms with Crippen LogP contribution in [0.5, 0.6) is 0 Å². The number of rotatable bonds is 2. The third-order valence-electron chi connectivity index (χ3n) is 3.24. The third-order valence-corrected chi connectivity index (χ3v) is 3.24. The van der Waals surface area contributed by atoms with Crippen LogP contribution in [0.4, 0.5) is 5.82 Å². The van der Waals surface area contributed by atoms with Crippen LogP contribution in [-0.4, -0.2) is 17.1 Å². The van der Waals surface area contributed by atoms with Crippen LogP contribution in [0.1, 0.15) is 50.4 Å². The lowest BCUT2D eigenvalue weighted by Crippen LogP contribution is -2.23. The second-order valence-corrected chi connectivity index (χ2v) is 5.73. The molecule has 4 heteroatoms. The third kappa shape index (κ3) is 2.27. The lowest BCUT2D eigenvalue weighted by atomic mass is 9.88. The Balaban J connectivity index is 2.43. The van der Waals surface area contributed by atoms with Crippen molar-refractivity contribution >= 4 is 5.82 Å². The van der Waals surface area contributed by atoms with E-state index >= 15 is 0 Å². The molecular weight excluding hydrogens is 214 g/mol. The highest BCUT2D eigenvalue weighted by Crippen LogP contribution is 2.35. The second kappa shape index (κ2) is 4.26. The van der Waals surface area contributed by atoms with Gasteiger partial charge in [0.05, 0.1) is 0 Å². The van der Waals surface area contributed by atoms with Gasteiger partial charge in [-0.25, -0.2) is 9.97 Å². The van der Waals surface area contributed by atoms with E-state index in [0.717, 1.165) is 36.3 Å². The van der Waals surface area contributed by atoms with E-state index in [9.17, 15) is 0 Å². The highest BCUT2D eigenvalue weighted by atomic mass is 16.5. The summed E-state index contributed by atoms with van der Waals surface area (Å²) in [4.78, 5) is 9.06. The molecule has 2 rings (SSSR count). The highest BCUT2D eigenvalue weighted by Gasteiger charge is 2.30. The first-order valence-electron chi connectivity index (χ1n) is 6.11. The van der Waals surface area contributed by atoms with Gasteiger partial charge in [-0.1, -0.05) is 20.8 Å². The van der Waals surface area contributed by atoms with Gasteiger partial charge in [-0.3, -0.25) is 0 Å². The summed E-state index contributed by atoms with van der Waals surface area (Å²) in [5, 5.41) is 0. The smallest absolute Gasteiger partial charge is 0.160 e. The number of methoxy groups -OCH3 is 1. The van der Waals surface area contributed by atoms with Crippen LogP contribution in [0.15, 0.2) is 0 Å². The fraction of sp³-hybridized carbons (Fsp3) is 0.692. The molecule has 0 aliphatic heterocycles. The van der Waals surface area contributed by atoms with Gasteiger partial charge in [0.1, 0.15) is 11.9 Å². The fourth-order valence-electron chi connectivity index (χ4n) is 2.44. The van der Waals surface area contributed by atoms with E-state index in [1.54, 1.807) is 7.11 Å². The molecule has 0 fully saturated rings. The van der Waals surface area contributed by atoms with Crippen molar-refractivity contribution in [1.29, 1.82) is 0 Å². The van der Waals surface area contributed by atoms with Gasteiger partial charge in [-0.05, 0) is 24.7 Å². The lowest BCUT2D eigenvalue weighted by molar-refractivity contribution is 0.00863. The van der Waals surface area contributed by atoms with Crippen molar-refractivity contribution in [3.8, 4) is 0 Å². The largest absolute Gasteiger partial charge is 0.383 e. The van der Waals surface area contributed by atoms with E-state index in [0.29, 0.717) is 5.82 Å². The summed E-state index contributed by atoms with van der Waals surface area (Å²) in [6, 6.07) is 0. The summed E-state index contributed by atoms with van der Waals surface area (Å²) >= 11 is 0. The van der Waals surface area contributed by atoms with Crippen LogP contribution in [0.25, 0.3) is 0 Å². The Labute approximate surface area is 103 Å². The second-order valence-electron chi connectivity index (χ2n) is 5.73. The molecule has 0 amide bonds. The molecular formula is C13H21N3O. The molecule has 4 nitrogen and oxygen atoms in total. The zero-order chi connectivity index (χ0) is 12.6. The maximum absolute atomic E-state index is 6.00. The molecule has 0 saturated carbocycles. The number of aromatic nitrogens is 2. The molecule has 0 radical (unpaired) electrons. The molecule has 1 aromatic heterocycles. The lowest BCUT2D eigenvalue weighted by Gasteiger charge is -2.28. The Morgan fingerprint density at radius 2 is 1.94 bits per heavy atom. The molecule has 1 aromatic rings. The van der Waals surface area contributed by atoms with E-state index in [1.807, 2.05) is 0 Å². The molecule has 1 unspecified atom stereocenters. The predicted octanol–water partition coefficient (Wildman–Crippen LogP) is 2.28. The summed E-state index contributed by atoms with van der Waals surface area (Å²) in [6.07, 6.45) is 3.03. The topological polar surface area (TPSA) is 61.0 Å². The molecule has 1 heterocycles. The van der Waals surface area contributed by atoms with E-state index in [-0.39, 0.29) is 11.5 Å². The number of hydrogen-bond acceptors (Lipinski definition) is 4. The minimum Gasteiger partial charge on any atom is -0.383 e. The first-order chi connectivity index (χ1) is 7.93. The van der Waals surface area contributed by atoms with Crippen LogP contribution >= 0.6 is 0 Å². The summed E-state index contributed by atoms with van der Waals surface area (Å²) in [6.45, 7) is 6.36. The normalized spacial score (nSPS) is 16.9. The maximum atomic E-state index is 6.00. The molecule has 0 saturated heterocycles. The molecule has 2 N–H and O–H groups in total. The summed E-state index contributed by atoms with van der Waals surface area (Å²) in [5.74, 6) is 1.35. The van der Waals surface area contributed by atoms with Gasteiger partial charge in [-0.2, -0.15) is 0 Å². The number of nitrogens with two attached hydrogens (primary N) is 1. The quantitative estimate of drug-likeness (QED) is 0.854. The Kier molecular flexibility index (Phi) is 3.08. The molecule has 1 aliphatic carbocycles. The molecule has 94 valence electrons. The van der Waals surface area contributed by atoms with Crippen molar-refractivity contribution in [2.24, 2.45) is 5.41 Å². The Bertz CT molecular complexity index is 423. The number of fused-ring (bicyclic) bond motifs is 1. The van der Waals surface area contributed by atoms with Crippen LogP contribution < -0.4 is 5.73 Å². The predicted molar refractivity (Wildman–Crippen MR) is 67.7 cm³/mol. The summed E-state index contributed by atoms with van der Waals surface area (Å²) in [5.41, 5.74) is 8.21. The molecule has 0 aromatic carbocycles.